The first-order chi connectivity index (χ1) is 12.8. The molecule has 2 aromatic carbocycles. The van der Waals surface area contributed by atoms with Crippen LogP contribution in [-0.2, 0) is 9.59 Å². The first-order valence-electron chi connectivity index (χ1n) is 7.98. The van der Waals surface area contributed by atoms with Gasteiger partial charge in [0.2, 0.25) is 5.91 Å². The highest BCUT2D eigenvalue weighted by atomic mass is 32.2. The molecule has 3 rings (SSSR count). The second-order valence-electron chi connectivity index (χ2n) is 5.87. The molecule has 0 unspecified atom stereocenters. The average Bonchev–Trinajstić information content (AvgIpc) is 2.87. The lowest BCUT2D eigenvalue weighted by molar-refractivity contribution is -0.127. The van der Waals surface area contributed by atoms with E-state index in [2.05, 4.69) is 5.32 Å². The van der Waals surface area contributed by atoms with Crippen molar-refractivity contribution in [1.82, 2.24) is 4.90 Å². The molecule has 3 amide bonds. The predicted octanol–water partition coefficient (Wildman–Crippen LogP) is 3.08. The lowest BCUT2D eigenvalue weighted by Gasteiger charge is -2.13. The van der Waals surface area contributed by atoms with Crippen molar-refractivity contribution < 1.29 is 24.6 Å². The van der Waals surface area contributed by atoms with Gasteiger partial charge >= 0.3 is 0 Å². The van der Waals surface area contributed by atoms with E-state index in [4.69, 9.17) is 0 Å². The quantitative estimate of drug-likeness (QED) is 0.700. The highest BCUT2D eigenvalue weighted by Crippen LogP contribution is 2.34. The first-order valence-corrected chi connectivity index (χ1v) is 8.79. The Hall–Kier alpha value is -3.26. The number of carbonyl (C=O) groups is 3. The molecule has 8 heteroatoms. The lowest BCUT2D eigenvalue weighted by Crippen LogP contribution is -2.36. The molecule has 0 bridgehead atoms. The number of imide groups is 1. The van der Waals surface area contributed by atoms with Gasteiger partial charge in [0.25, 0.3) is 11.1 Å². The van der Waals surface area contributed by atoms with E-state index in [0.29, 0.717) is 17.4 Å². The van der Waals surface area contributed by atoms with E-state index in [0.717, 1.165) is 16.5 Å². The minimum absolute atomic E-state index is 0.0877. The third-order valence-electron chi connectivity index (χ3n) is 3.90. The van der Waals surface area contributed by atoms with Gasteiger partial charge in [-0.2, -0.15) is 0 Å². The van der Waals surface area contributed by atoms with E-state index in [9.17, 15) is 24.6 Å². The Morgan fingerprint density at radius 1 is 1.19 bits per heavy atom. The molecule has 1 heterocycles. The third-order valence-corrected chi connectivity index (χ3v) is 4.80. The number of phenols is 2. The fourth-order valence-corrected chi connectivity index (χ4v) is 3.31. The van der Waals surface area contributed by atoms with E-state index in [1.54, 1.807) is 12.1 Å². The van der Waals surface area contributed by atoms with Crippen molar-refractivity contribution in [1.29, 1.82) is 0 Å². The second-order valence-corrected chi connectivity index (χ2v) is 6.87. The molecular formula is C19H16N2O5S. The van der Waals surface area contributed by atoms with E-state index in [1.165, 1.54) is 18.2 Å². The van der Waals surface area contributed by atoms with Crippen LogP contribution in [0.5, 0.6) is 11.5 Å². The maximum Gasteiger partial charge on any atom is 0.294 e. The minimum atomic E-state index is -0.614. The van der Waals surface area contributed by atoms with Crippen molar-refractivity contribution in [3.63, 3.8) is 0 Å². The van der Waals surface area contributed by atoms with Gasteiger partial charge < -0.3 is 15.5 Å². The van der Waals surface area contributed by atoms with Gasteiger partial charge in [0, 0.05) is 17.3 Å². The predicted molar refractivity (Wildman–Crippen MR) is 102 cm³/mol. The molecule has 2 aromatic rings. The maximum atomic E-state index is 12.5. The normalized spacial score (nSPS) is 15.4. The SMILES string of the molecule is Cc1ccccc1NC(=O)CN1C(=O)S/C(=C\c2ccc(O)cc2O)C1=O. The molecule has 1 saturated heterocycles. The number of benzene rings is 2. The van der Waals surface area contributed by atoms with Crippen molar-refractivity contribution in [3.8, 4) is 11.5 Å². The molecule has 7 nitrogen and oxygen atoms in total. The van der Waals surface area contributed by atoms with E-state index in [1.807, 2.05) is 19.1 Å². The highest BCUT2D eigenvalue weighted by molar-refractivity contribution is 8.18. The topological polar surface area (TPSA) is 107 Å². The summed E-state index contributed by atoms with van der Waals surface area (Å²) in [6, 6.07) is 11.1. The zero-order valence-corrected chi connectivity index (χ0v) is 15.1. The van der Waals surface area contributed by atoms with Crippen LogP contribution in [0.2, 0.25) is 0 Å². The zero-order chi connectivity index (χ0) is 19.6. The number of hydrogen-bond acceptors (Lipinski definition) is 6. The molecule has 1 fully saturated rings. The maximum absolute atomic E-state index is 12.5. The number of carbonyl (C=O) groups excluding carboxylic acids is 3. The first kappa shape index (κ1) is 18.5. The summed E-state index contributed by atoms with van der Waals surface area (Å²) in [6.07, 6.45) is 1.35. The van der Waals surface area contributed by atoms with Crippen molar-refractivity contribution in [2.45, 2.75) is 6.92 Å². The Balaban J connectivity index is 1.73. The standard InChI is InChI=1S/C19H16N2O5S/c1-11-4-2-3-5-14(11)20-17(24)10-21-18(25)16(27-19(21)26)8-12-6-7-13(22)9-15(12)23/h2-9,22-23H,10H2,1H3,(H,20,24)/b16-8-. The number of rotatable bonds is 4. The van der Waals surface area contributed by atoms with Crippen LogP contribution in [0.3, 0.4) is 0 Å². The summed E-state index contributed by atoms with van der Waals surface area (Å²) < 4.78 is 0. The lowest BCUT2D eigenvalue weighted by atomic mass is 10.1. The molecule has 1 aliphatic rings. The summed E-state index contributed by atoms with van der Waals surface area (Å²) in [4.78, 5) is 37.7. The van der Waals surface area contributed by atoms with Gasteiger partial charge in [0.15, 0.2) is 0 Å². The molecule has 27 heavy (non-hydrogen) atoms. The zero-order valence-electron chi connectivity index (χ0n) is 14.3. The molecular weight excluding hydrogens is 368 g/mol. The number of phenolic OH excluding ortho intramolecular Hbond substituents is 2. The van der Waals surface area contributed by atoms with Crippen LogP contribution >= 0.6 is 11.8 Å². The summed E-state index contributed by atoms with van der Waals surface area (Å²) in [5.74, 6) is -1.44. The number of amides is 3. The average molecular weight is 384 g/mol. The molecule has 0 aromatic heterocycles. The number of hydrogen-bond donors (Lipinski definition) is 3. The van der Waals surface area contributed by atoms with Crippen LogP contribution in [0, 0.1) is 6.92 Å². The summed E-state index contributed by atoms with van der Waals surface area (Å²) in [5.41, 5.74) is 1.75. The molecule has 3 N–H and O–H groups in total. The fraction of sp³-hybridized carbons (Fsp3) is 0.105. The number of nitrogens with one attached hydrogen (secondary N) is 1. The Kier molecular flexibility index (Phi) is 5.18. The third kappa shape index (κ3) is 4.12. The van der Waals surface area contributed by atoms with Gasteiger partial charge in [-0.15, -0.1) is 0 Å². The summed E-state index contributed by atoms with van der Waals surface area (Å²) in [6.45, 7) is 1.43. The number of aryl methyl sites for hydroxylation is 1. The van der Waals surface area contributed by atoms with Gasteiger partial charge in [-0.25, -0.2) is 0 Å². The van der Waals surface area contributed by atoms with Crippen molar-refractivity contribution in [2.24, 2.45) is 0 Å². The van der Waals surface area contributed by atoms with Crippen LogP contribution in [0.15, 0.2) is 47.4 Å². The van der Waals surface area contributed by atoms with E-state index < -0.39 is 23.6 Å². The van der Waals surface area contributed by atoms with Gasteiger partial charge in [-0.3, -0.25) is 19.3 Å². The van der Waals surface area contributed by atoms with Crippen LogP contribution in [0.4, 0.5) is 10.5 Å². The fourth-order valence-electron chi connectivity index (χ4n) is 2.48. The largest absolute Gasteiger partial charge is 0.508 e. The van der Waals surface area contributed by atoms with Crippen molar-refractivity contribution in [3.05, 3.63) is 58.5 Å². The van der Waals surface area contributed by atoms with Gasteiger partial charge in [-0.1, -0.05) is 18.2 Å². The molecule has 0 spiro atoms. The van der Waals surface area contributed by atoms with Gasteiger partial charge in [0.05, 0.1) is 4.91 Å². The van der Waals surface area contributed by atoms with E-state index in [-0.39, 0.29) is 22.0 Å². The van der Waals surface area contributed by atoms with Crippen LogP contribution in [0.25, 0.3) is 6.08 Å². The monoisotopic (exact) mass is 384 g/mol. The molecule has 0 aliphatic carbocycles. The number of para-hydroxylation sites is 1. The summed E-state index contributed by atoms with van der Waals surface area (Å²) in [5, 5.41) is 21.2. The summed E-state index contributed by atoms with van der Waals surface area (Å²) >= 11 is 0.686. The van der Waals surface area contributed by atoms with Crippen LogP contribution in [0.1, 0.15) is 11.1 Å². The Morgan fingerprint density at radius 2 is 1.93 bits per heavy atom. The molecule has 138 valence electrons. The second kappa shape index (κ2) is 7.55. The molecule has 0 atom stereocenters. The number of thioether (sulfide) groups is 1. The Bertz CT molecular complexity index is 970. The van der Waals surface area contributed by atoms with Gasteiger partial charge in [0.1, 0.15) is 18.0 Å². The molecule has 0 radical (unpaired) electrons. The number of anilines is 1. The van der Waals surface area contributed by atoms with Gasteiger partial charge in [-0.05, 0) is 48.5 Å². The summed E-state index contributed by atoms with van der Waals surface area (Å²) in [7, 11) is 0. The number of nitrogens with zero attached hydrogens (tertiary/aromatic N) is 1. The molecule has 1 aliphatic heterocycles. The van der Waals surface area contributed by atoms with Crippen LogP contribution in [-0.4, -0.2) is 38.7 Å². The van der Waals surface area contributed by atoms with Crippen LogP contribution < -0.4 is 5.32 Å². The minimum Gasteiger partial charge on any atom is -0.508 e. The van der Waals surface area contributed by atoms with Crippen molar-refractivity contribution >= 4 is 40.6 Å². The number of aromatic hydroxyl groups is 2. The smallest absolute Gasteiger partial charge is 0.294 e. The Morgan fingerprint density at radius 3 is 2.63 bits per heavy atom. The van der Waals surface area contributed by atoms with E-state index >= 15 is 0 Å². The Labute approximate surface area is 159 Å². The van der Waals surface area contributed by atoms with Crippen molar-refractivity contribution in [2.75, 3.05) is 11.9 Å². The molecule has 0 saturated carbocycles. The highest BCUT2D eigenvalue weighted by Gasteiger charge is 2.36.